The van der Waals surface area contributed by atoms with E-state index < -0.39 is 0 Å². The fourth-order valence-electron chi connectivity index (χ4n) is 1.24. The quantitative estimate of drug-likeness (QED) is 0.697. The first-order valence-electron chi connectivity index (χ1n) is 5.09. The number of aromatic nitrogens is 1. The molecule has 0 aliphatic carbocycles. The molecule has 14 heavy (non-hydrogen) atoms. The van der Waals surface area contributed by atoms with Gasteiger partial charge in [0.2, 0.25) is 0 Å². The van der Waals surface area contributed by atoms with E-state index in [1.54, 1.807) is 11.3 Å². The summed E-state index contributed by atoms with van der Waals surface area (Å²) in [7, 11) is 2.13. The highest BCUT2D eigenvalue weighted by Crippen LogP contribution is 2.03. The molecule has 0 radical (unpaired) electrons. The molecule has 0 saturated heterocycles. The summed E-state index contributed by atoms with van der Waals surface area (Å²) in [6, 6.07) is 0. The highest BCUT2D eigenvalue weighted by molar-refractivity contribution is 7.07. The lowest BCUT2D eigenvalue weighted by molar-refractivity contribution is 0.321. The van der Waals surface area contributed by atoms with Gasteiger partial charge in [0.15, 0.2) is 0 Å². The van der Waals surface area contributed by atoms with Crippen LogP contribution in [-0.4, -0.2) is 36.6 Å². The van der Waals surface area contributed by atoms with Crippen LogP contribution in [0.5, 0.6) is 0 Å². The number of nitrogens with one attached hydrogen (secondary N) is 1. The minimum absolute atomic E-state index is 0.956. The van der Waals surface area contributed by atoms with Crippen molar-refractivity contribution in [3.8, 4) is 0 Å². The molecule has 0 aliphatic heterocycles. The SMILES string of the molecule is CCCNCCN(C)Cc1cscn1. The highest BCUT2D eigenvalue weighted by Gasteiger charge is 2.00. The van der Waals surface area contributed by atoms with E-state index in [2.05, 4.69) is 34.6 Å². The lowest BCUT2D eigenvalue weighted by atomic mass is 10.4. The maximum atomic E-state index is 4.26. The molecule has 0 bridgehead atoms. The largest absolute Gasteiger partial charge is 0.315 e. The van der Waals surface area contributed by atoms with Gasteiger partial charge in [0.25, 0.3) is 0 Å². The van der Waals surface area contributed by atoms with Crippen molar-refractivity contribution in [2.75, 3.05) is 26.7 Å². The molecule has 0 aromatic carbocycles. The standard InChI is InChI=1S/C10H19N3S/c1-3-4-11-5-6-13(2)7-10-8-14-9-12-10/h8-9,11H,3-7H2,1-2H3. The topological polar surface area (TPSA) is 28.2 Å². The summed E-state index contributed by atoms with van der Waals surface area (Å²) in [5.41, 5.74) is 3.06. The molecule has 0 aliphatic rings. The first-order valence-corrected chi connectivity index (χ1v) is 6.03. The van der Waals surface area contributed by atoms with Gasteiger partial charge in [-0.3, -0.25) is 4.90 Å². The van der Waals surface area contributed by atoms with Crippen LogP contribution in [0.4, 0.5) is 0 Å². The Hall–Kier alpha value is -0.450. The summed E-state index contributed by atoms with van der Waals surface area (Å²) < 4.78 is 0. The number of rotatable bonds is 7. The second-order valence-electron chi connectivity index (χ2n) is 3.47. The third kappa shape index (κ3) is 4.69. The summed E-state index contributed by atoms with van der Waals surface area (Å²) >= 11 is 1.66. The van der Waals surface area contributed by atoms with Gasteiger partial charge in [-0.15, -0.1) is 11.3 Å². The second-order valence-corrected chi connectivity index (χ2v) is 4.19. The van der Waals surface area contributed by atoms with Crippen LogP contribution in [0.3, 0.4) is 0 Å². The van der Waals surface area contributed by atoms with E-state index in [-0.39, 0.29) is 0 Å². The van der Waals surface area contributed by atoms with Gasteiger partial charge >= 0.3 is 0 Å². The Balaban J connectivity index is 2.07. The Bertz CT molecular complexity index is 223. The van der Waals surface area contributed by atoms with Gasteiger partial charge in [-0.1, -0.05) is 6.92 Å². The zero-order chi connectivity index (χ0) is 10.2. The van der Waals surface area contributed by atoms with E-state index in [1.807, 2.05) is 5.51 Å². The van der Waals surface area contributed by atoms with Crippen molar-refractivity contribution >= 4 is 11.3 Å². The van der Waals surface area contributed by atoms with Crippen LogP contribution in [0.2, 0.25) is 0 Å². The van der Waals surface area contributed by atoms with Crippen LogP contribution in [0.15, 0.2) is 10.9 Å². The maximum Gasteiger partial charge on any atom is 0.0795 e. The number of hydrogen-bond donors (Lipinski definition) is 1. The molecule has 0 fully saturated rings. The molecule has 3 nitrogen and oxygen atoms in total. The molecule has 0 amide bonds. The number of thiazole rings is 1. The zero-order valence-electron chi connectivity index (χ0n) is 8.99. The molecule has 1 rings (SSSR count). The summed E-state index contributed by atoms with van der Waals surface area (Å²) in [4.78, 5) is 6.55. The maximum absolute atomic E-state index is 4.26. The van der Waals surface area contributed by atoms with Crippen molar-refractivity contribution in [2.45, 2.75) is 19.9 Å². The Morgan fingerprint density at radius 2 is 2.36 bits per heavy atom. The van der Waals surface area contributed by atoms with Crippen molar-refractivity contribution < 1.29 is 0 Å². The molecule has 0 unspecified atom stereocenters. The van der Waals surface area contributed by atoms with Crippen molar-refractivity contribution in [1.29, 1.82) is 0 Å². The monoisotopic (exact) mass is 213 g/mol. The summed E-state index contributed by atoms with van der Waals surface area (Å²) in [6.45, 7) is 6.40. The van der Waals surface area contributed by atoms with E-state index in [9.17, 15) is 0 Å². The molecule has 1 N–H and O–H groups in total. The molecule has 1 heterocycles. The van der Waals surface area contributed by atoms with Gasteiger partial charge in [-0.05, 0) is 20.0 Å². The van der Waals surface area contributed by atoms with Gasteiger partial charge in [0, 0.05) is 25.0 Å². The third-order valence-corrected chi connectivity index (χ3v) is 2.65. The van der Waals surface area contributed by atoms with E-state index in [1.165, 1.54) is 12.1 Å². The Labute approximate surface area is 90.2 Å². The number of hydrogen-bond acceptors (Lipinski definition) is 4. The summed E-state index contributed by atoms with van der Waals surface area (Å²) in [5, 5.41) is 5.49. The van der Waals surface area contributed by atoms with Crippen LogP contribution >= 0.6 is 11.3 Å². The van der Waals surface area contributed by atoms with Gasteiger partial charge < -0.3 is 5.32 Å². The van der Waals surface area contributed by atoms with Crippen LogP contribution in [0, 0.1) is 0 Å². The van der Waals surface area contributed by atoms with Gasteiger partial charge in [0.05, 0.1) is 11.2 Å². The normalized spacial score (nSPS) is 11.1. The first-order chi connectivity index (χ1) is 6.83. The molecule has 1 aromatic rings. The molecule has 0 saturated carbocycles. The van der Waals surface area contributed by atoms with Crippen molar-refractivity contribution in [3.63, 3.8) is 0 Å². The van der Waals surface area contributed by atoms with E-state index in [0.29, 0.717) is 0 Å². The molecule has 0 spiro atoms. The van der Waals surface area contributed by atoms with Crippen LogP contribution in [0.25, 0.3) is 0 Å². The Morgan fingerprint density at radius 1 is 1.50 bits per heavy atom. The zero-order valence-corrected chi connectivity index (χ0v) is 9.81. The molecular formula is C10H19N3S. The molecule has 4 heteroatoms. The molecule has 1 aromatic heterocycles. The Kier molecular flexibility index (Phi) is 5.75. The average molecular weight is 213 g/mol. The number of likely N-dealkylation sites (N-methyl/N-ethyl adjacent to an activating group) is 1. The predicted octanol–water partition coefficient (Wildman–Crippen LogP) is 1.57. The van der Waals surface area contributed by atoms with E-state index in [0.717, 1.165) is 26.2 Å². The second kappa shape index (κ2) is 6.92. The van der Waals surface area contributed by atoms with E-state index >= 15 is 0 Å². The fraction of sp³-hybridized carbons (Fsp3) is 0.700. The van der Waals surface area contributed by atoms with Crippen molar-refractivity contribution in [2.24, 2.45) is 0 Å². The van der Waals surface area contributed by atoms with Crippen molar-refractivity contribution in [1.82, 2.24) is 15.2 Å². The minimum atomic E-state index is 0.956. The number of nitrogens with zero attached hydrogens (tertiary/aromatic N) is 2. The minimum Gasteiger partial charge on any atom is -0.315 e. The Morgan fingerprint density at radius 3 is 3.00 bits per heavy atom. The molecule has 0 atom stereocenters. The van der Waals surface area contributed by atoms with Crippen LogP contribution in [-0.2, 0) is 6.54 Å². The predicted molar refractivity (Wildman–Crippen MR) is 61.6 cm³/mol. The highest BCUT2D eigenvalue weighted by atomic mass is 32.1. The van der Waals surface area contributed by atoms with Crippen molar-refractivity contribution in [3.05, 3.63) is 16.6 Å². The molecular weight excluding hydrogens is 194 g/mol. The fourth-order valence-corrected chi connectivity index (χ4v) is 1.79. The van der Waals surface area contributed by atoms with Crippen LogP contribution < -0.4 is 5.32 Å². The molecule has 80 valence electrons. The lowest BCUT2D eigenvalue weighted by Crippen LogP contribution is -2.29. The van der Waals surface area contributed by atoms with Gasteiger partial charge in [0.1, 0.15) is 0 Å². The lowest BCUT2D eigenvalue weighted by Gasteiger charge is -2.15. The first kappa shape index (κ1) is 11.6. The summed E-state index contributed by atoms with van der Waals surface area (Å²) in [6.07, 6.45) is 1.20. The van der Waals surface area contributed by atoms with Crippen LogP contribution in [0.1, 0.15) is 19.0 Å². The van der Waals surface area contributed by atoms with E-state index in [4.69, 9.17) is 0 Å². The third-order valence-electron chi connectivity index (χ3n) is 2.01. The van der Waals surface area contributed by atoms with Gasteiger partial charge in [-0.2, -0.15) is 0 Å². The summed E-state index contributed by atoms with van der Waals surface area (Å²) in [5.74, 6) is 0. The van der Waals surface area contributed by atoms with Gasteiger partial charge in [-0.25, -0.2) is 4.98 Å². The average Bonchev–Trinajstić information content (AvgIpc) is 2.65. The smallest absolute Gasteiger partial charge is 0.0795 e.